The number of aliphatic carboxylic acids is 1. The Morgan fingerprint density at radius 2 is 2.27 bits per heavy atom. The van der Waals surface area contributed by atoms with E-state index in [1.165, 1.54) is 0 Å². The van der Waals surface area contributed by atoms with Crippen LogP contribution in [0.2, 0.25) is 0 Å². The molecule has 1 aliphatic heterocycles. The normalized spacial score (nSPS) is 23.2. The molecule has 0 aromatic carbocycles. The van der Waals surface area contributed by atoms with Gasteiger partial charge in [-0.25, -0.2) is 4.79 Å². The van der Waals surface area contributed by atoms with Crippen molar-refractivity contribution in [2.45, 2.75) is 40.2 Å². The van der Waals surface area contributed by atoms with Gasteiger partial charge in [0.25, 0.3) is 0 Å². The standard InChI is InChI=1S/C12H19NO2/c1-5-9(3)13-7-11(12(14)15)8(2)6-10(13)4/h6-9H,5H2,1-4H3,(H,14,15). The first kappa shape index (κ1) is 11.8. The smallest absolute Gasteiger partial charge is 0.333 e. The molecule has 2 unspecified atom stereocenters. The maximum absolute atomic E-state index is 11.0. The monoisotopic (exact) mass is 209 g/mol. The first-order chi connectivity index (χ1) is 6.97. The van der Waals surface area contributed by atoms with Crippen LogP contribution in [0.1, 0.15) is 34.1 Å². The summed E-state index contributed by atoms with van der Waals surface area (Å²) >= 11 is 0. The average Bonchev–Trinajstić information content (AvgIpc) is 2.16. The largest absolute Gasteiger partial charge is 0.478 e. The van der Waals surface area contributed by atoms with E-state index in [1.54, 1.807) is 6.20 Å². The summed E-state index contributed by atoms with van der Waals surface area (Å²) in [5, 5.41) is 9.04. The van der Waals surface area contributed by atoms with Crippen LogP contribution in [-0.4, -0.2) is 22.0 Å². The van der Waals surface area contributed by atoms with E-state index in [9.17, 15) is 4.79 Å². The molecule has 0 saturated heterocycles. The fourth-order valence-corrected chi connectivity index (χ4v) is 1.83. The van der Waals surface area contributed by atoms with Crippen LogP contribution in [0, 0.1) is 5.92 Å². The van der Waals surface area contributed by atoms with Gasteiger partial charge in [-0.15, -0.1) is 0 Å². The topological polar surface area (TPSA) is 40.5 Å². The third-order valence-electron chi connectivity index (χ3n) is 2.98. The summed E-state index contributed by atoms with van der Waals surface area (Å²) < 4.78 is 0. The quantitative estimate of drug-likeness (QED) is 0.776. The summed E-state index contributed by atoms with van der Waals surface area (Å²) in [6.07, 6.45) is 4.79. The molecule has 0 amide bonds. The first-order valence-electron chi connectivity index (χ1n) is 5.39. The zero-order valence-corrected chi connectivity index (χ0v) is 9.82. The molecule has 0 fully saturated rings. The third kappa shape index (κ3) is 2.41. The van der Waals surface area contributed by atoms with Crippen LogP contribution in [0.25, 0.3) is 0 Å². The zero-order valence-electron chi connectivity index (χ0n) is 9.82. The molecule has 1 N–H and O–H groups in total. The number of carboxylic acids is 1. The molecule has 3 nitrogen and oxygen atoms in total. The minimum absolute atomic E-state index is 0.00260. The van der Waals surface area contributed by atoms with Crippen molar-refractivity contribution < 1.29 is 9.90 Å². The molecule has 0 aromatic rings. The van der Waals surface area contributed by atoms with Gasteiger partial charge in [0.2, 0.25) is 0 Å². The highest BCUT2D eigenvalue weighted by Gasteiger charge is 2.23. The Hall–Kier alpha value is -1.25. The molecule has 0 aliphatic carbocycles. The van der Waals surface area contributed by atoms with Crippen molar-refractivity contribution in [3.63, 3.8) is 0 Å². The Morgan fingerprint density at radius 3 is 2.73 bits per heavy atom. The molecule has 0 spiro atoms. The lowest BCUT2D eigenvalue weighted by Crippen LogP contribution is -2.31. The highest BCUT2D eigenvalue weighted by atomic mass is 16.4. The minimum atomic E-state index is -0.820. The number of carbonyl (C=O) groups is 1. The molecule has 84 valence electrons. The fourth-order valence-electron chi connectivity index (χ4n) is 1.83. The highest BCUT2D eigenvalue weighted by Crippen LogP contribution is 2.26. The van der Waals surface area contributed by atoms with E-state index in [0.717, 1.165) is 12.1 Å². The molecule has 0 bridgehead atoms. The van der Waals surface area contributed by atoms with E-state index >= 15 is 0 Å². The lowest BCUT2D eigenvalue weighted by molar-refractivity contribution is -0.133. The van der Waals surface area contributed by atoms with Gasteiger partial charge in [-0.3, -0.25) is 0 Å². The fraction of sp³-hybridized carbons (Fsp3) is 0.583. The second-order valence-corrected chi connectivity index (χ2v) is 4.15. The molecule has 1 rings (SSSR count). The number of nitrogens with zero attached hydrogens (tertiary/aromatic N) is 1. The van der Waals surface area contributed by atoms with Gasteiger partial charge in [-0.05, 0) is 20.3 Å². The average molecular weight is 209 g/mol. The molecule has 1 heterocycles. The minimum Gasteiger partial charge on any atom is -0.478 e. The van der Waals surface area contributed by atoms with Gasteiger partial charge >= 0.3 is 5.97 Å². The van der Waals surface area contributed by atoms with Gasteiger partial charge in [0.1, 0.15) is 0 Å². The van der Waals surface area contributed by atoms with Gasteiger partial charge in [0.15, 0.2) is 0 Å². The van der Waals surface area contributed by atoms with Crippen LogP contribution < -0.4 is 0 Å². The Bertz CT molecular complexity index is 318. The summed E-state index contributed by atoms with van der Waals surface area (Å²) in [5.41, 5.74) is 1.61. The lowest BCUT2D eigenvalue weighted by atomic mass is 9.96. The van der Waals surface area contributed by atoms with Crippen molar-refractivity contribution in [3.05, 3.63) is 23.5 Å². The van der Waals surface area contributed by atoms with Gasteiger partial charge < -0.3 is 10.0 Å². The Balaban J connectivity index is 2.98. The van der Waals surface area contributed by atoms with E-state index in [-0.39, 0.29) is 5.92 Å². The predicted octanol–water partition coefficient (Wildman–Crippen LogP) is 2.61. The van der Waals surface area contributed by atoms with Crippen molar-refractivity contribution in [3.8, 4) is 0 Å². The van der Waals surface area contributed by atoms with E-state index < -0.39 is 5.97 Å². The summed E-state index contributed by atoms with van der Waals surface area (Å²) in [6.45, 7) is 8.14. The SMILES string of the molecule is CCC(C)N1C=C(C(=O)O)C(C)C=C1C. The van der Waals surface area contributed by atoms with Crippen molar-refractivity contribution in [2.75, 3.05) is 0 Å². The van der Waals surface area contributed by atoms with E-state index in [1.807, 2.05) is 24.8 Å². The summed E-state index contributed by atoms with van der Waals surface area (Å²) in [6, 6.07) is 0.350. The molecule has 0 aromatic heterocycles. The lowest BCUT2D eigenvalue weighted by Gasteiger charge is -2.32. The van der Waals surface area contributed by atoms with Crippen LogP contribution in [0.15, 0.2) is 23.5 Å². The highest BCUT2D eigenvalue weighted by molar-refractivity contribution is 5.87. The van der Waals surface area contributed by atoms with Crippen LogP contribution in [-0.2, 0) is 4.79 Å². The van der Waals surface area contributed by atoms with E-state index in [4.69, 9.17) is 5.11 Å². The maximum atomic E-state index is 11.0. The summed E-state index contributed by atoms with van der Waals surface area (Å²) in [4.78, 5) is 13.0. The van der Waals surface area contributed by atoms with Gasteiger partial charge in [-0.2, -0.15) is 0 Å². The Labute approximate surface area is 91.1 Å². The van der Waals surface area contributed by atoms with Crippen molar-refractivity contribution in [2.24, 2.45) is 5.92 Å². The van der Waals surface area contributed by atoms with Crippen LogP contribution in [0.5, 0.6) is 0 Å². The first-order valence-corrected chi connectivity index (χ1v) is 5.39. The Kier molecular flexibility index (Phi) is 3.56. The summed E-state index contributed by atoms with van der Waals surface area (Å²) in [7, 11) is 0. The van der Waals surface area contributed by atoms with Gasteiger partial charge in [0.05, 0.1) is 5.57 Å². The second-order valence-electron chi connectivity index (χ2n) is 4.15. The number of hydrogen-bond donors (Lipinski definition) is 1. The molecule has 2 atom stereocenters. The van der Waals surface area contributed by atoms with Gasteiger partial charge in [-0.1, -0.05) is 19.9 Å². The number of allylic oxidation sites excluding steroid dienone is 2. The number of carboxylic acid groups (broad SMARTS) is 1. The molecule has 1 aliphatic rings. The molecule has 15 heavy (non-hydrogen) atoms. The molecule has 3 heteroatoms. The van der Waals surface area contributed by atoms with Crippen LogP contribution >= 0.6 is 0 Å². The molecule has 0 saturated carbocycles. The van der Waals surface area contributed by atoms with Crippen LogP contribution in [0.4, 0.5) is 0 Å². The third-order valence-corrected chi connectivity index (χ3v) is 2.98. The van der Waals surface area contributed by atoms with E-state index in [2.05, 4.69) is 13.8 Å². The maximum Gasteiger partial charge on any atom is 0.333 e. The number of rotatable bonds is 3. The molecule has 0 radical (unpaired) electrons. The van der Waals surface area contributed by atoms with Gasteiger partial charge in [0, 0.05) is 23.9 Å². The van der Waals surface area contributed by atoms with Crippen molar-refractivity contribution in [1.82, 2.24) is 4.90 Å². The predicted molar refractivity (Wildman–Crippen MR) is 60.2 cm³/mol. The zero-order chi connectivity index (χ0) is 11.6. The second kappa shape index (κ2) is 4.51. The molecular formula is C12H19NO2. The number of hydrogen-bond acceptors (Lipinski definition) is 2. The van der Waals surface area contributed by atoms with E-state index in [0.29, 0.717) is 11.6 Å². The van der Waals surface area contributed by atoms with Crippen LogP contribution in [0.3, 0.4) is 0 Å². The van der Waals surface area contributed by atoms with Crippen molar-refractivity contribution >= 4 is 5.97 Å². The summed E-state index contributed by atoms with van der Waals surface area (Å²) in [5.74, 6) is -0.817. The van der Waals surface area contributed by atoms with Crippen molar-refractivity contribution in [1.29, 1.82) is 0 Å². The Morgan fingerprint density at radius 1 is 1.67 bits per heavy atom. The molecular weight excluding hydrogens is 190 g/mol.